The van der Waals surface area contributed by atoms with Crippen LogP contribution in [-0.2, 0) is 6.54 Å². The maximum atomic E-state index is 11.9. The molecule has 1 fully saturated rings. The Morgan fingerprint density at radius 1 is 1.17 bits per heavy atom. The number of carbonyl (C=O) groups is 1. The summed E-state index contributed by atoms with van der Waals surface area (Å²) >= 11 is 0. The maximum Gasteiger partial charge on any atom is 0.253 e. The Bertz CT molecular complexity index is 557. The lowest BCUT2D eigenvalue weighted by molar-refractivity contribution is 0.0827. The topological polar surface area (TPSA) is 56.7 Å². The van der Waals surface area contributed by atoms with E-state index in [0.29, 0.717) is 18.2 Å². The predicted molar refractivity (Wildman–Crippen MR) is 99.2 cm³/mol. The van der Waals surface area contributed by atoms with E-state index in [1.54, 1.807) is 26.0 Å². The summed E-state index contributed by atoms with van der Waals surface area (Å²) in [6.45, 7) is 3.02. The molecule has 0 aromatic heterocycles. The van der Waals surface area contributed by atoms with Crippen LogP contribution in [0.5, 0.6) is 0 Å². The van der Waals surface area contributed by atoms with E-state index in [-0.39, 0.29) is 5.91 Å². The van der Waals surface area contributed by atoms with E-state index < -0.39 is 0 Å². The van der Waals surface area contributed by atoms with E-state index in [1.807, 2.05) is 24.3 Å². The van der Waals surface area contributed by atoms with Gasteiger partial charge in [-0.15, -0.1) is 0 Å². The number of rotatable bonds is 4. The third kappa shape index (κ3) is 5.25. The first kappa shape index (κ1) is 18.3. The summed E-state index contributed by atoms with van der Waals surface area (Å²) in [7, 11) is 5.33. The fourth-order valence-corrected chi connectivity index (χ4v) is 3.00. The van der Waals surface area contributed by atoms with Crippen molar-refractivity contribution in [2.24, 2.45) is 10.9 Å². The number of hydrogen-bond acceptors (Lipinski definition) is 2. The molecule has 24 heavy (non-hydrogen) atoms. The normalized spacial score (nSPS) is 21.2. The van der Waals surface area contributed by atoms with Crippen molar-refractivity contribution in [2.75, 3.05) is 21.1 Å². The van der Waals surface area contributed by atoms with E-state index in [0.717, 1.165) is 17.4 Å². The van der Waals surface area contributed by atoms with Gasteiger partial charge in [0.2, 0.25) is 0 Å². The summed E-state index contributed by atoms with van der Waals surface area (Å²) in [6, 6.07) is 8.24. The van der Waals surface area contributed by atoms with Gasteiger partial charge in [0.1, 0.15) is 0 Å². The van der Waals surface area contributed by atoms with E-state index in [1.165, 1.54) is 25.7 Å². The van der Waals surface area contributed by atoms with Gasteiger partial charge in [0.25, 0.3) is 5.91 Å². The molecular weight excluding hydrogens is 300 g/mol. The van der Waals surface area contributed by atoms with Crippen LogP contribution in [0.2, 0.25) is 0 Å². The Morgan fingerprint density at radius 3 is 2.33 bits per heavy atom. The molecular formula is C19H30N4O. The van der Waals surface area contributed by atoms with Gasteiger partial charge in [-0.2, -0.15) is 0 Å². The Balaban J connectivity index is 1.83. The fourth-order valence-electron chi connectivity index (χ4n) is 3.00. The zero-order valence-electron chi connectivity index (χ0n) is 15.3. The van der Waals surface area contributed by atoms with Gasteiger partial charge in [-0.25, -0.2) is 0 Å². The minimum Gasteiger partial charge on any atom is -0.354 e. The monoisotopic (exact) mass is 330 g/mol. The van der Waals surface area contributed by atoms with Gasteiger partial charge in [-0.1, -0.05) is 19.1 Å². The summed E-state index contributed by atoms with van der Waals surface area (Å²) in [6.07, 6.45) is 5.00. The van der Waals surface area contributed by atoms with Crippen molar-refractivity contribution in [1.82, 2.24) is 15.5 Å². The van der Waals surface area contributed by atoms with E-state index >= 15 is 0 Å². The maximum absolute atomic E-state index is 11.9. The third-order valence-corrected chi connectivity index (χ3v) is 4.65. The van der Waals surface area contributed by atoms with Gasteiger partial charge >= 0.3 is 0 Å². The zero-order valence-corrected chi connectivity index (χ0v) is 15.3. The van der Waals surface area contributed by atoms with Crippen LogP contribution in [0.25, 0.3) is 0 Å². The number of amides is 1. The highest BCUT2D eigenvalue weighted by Crippen LogP contribution is 2.23. The van der Waals surface area contributed by atoms with Crippen molar-refractivity contribution < 1.29 is 4.79 Å². The molecule has 0 heterocycles. The first-order chi connectivity index (χ1) is 11.5. The van der Waals surface area contributed by atoms with Gasteiger partial charge in [0, 0.05) is 39.3 Å². The van der Waals surface area contributed by atoms with Gasteiger partial charge in [0.05, 0.1) is 0 Å². The van der Waals surface area contributed by atoms with Crippen LogP contribution in [0, 0.1) is 5.92 Å². The quantitative estimate of drug-likeness (QED) is 0.659. The Kier molecular flexibility index (Phi) is 6.64. The van der Waals surface area contributed by atoms with E-state index in [2.05, 4.69) is 22.5 Å². The number of guanidine groups is 1. The molecule has 0 atom stereocenters. The molecule has 5 heteroatoms. The molecule has 1 saturated carbocycles. The zero-order chi connectivity index (χ0) is 17.5. The summed E-state index contributed by atoms with van der Waals surface area (Å²) in [5.41, 5.74) is 1.84. The molecule has 0 aliphatic heterocycles. The van der Waals surface area contributed by atoms with Crippen molar-refractivity contribution >= 4 is 11.9 Å². The summed E-state index contributed by atoms with van der Waals surface area (Å²) in [4.78, 5) is 17.8. The molecule has 1 aromatic carbocycles. The smallest absolute Gasteiger partial charge is 0.253 e. The van der Waals surface area contributed by atoms with Crippen molar-refractivity contribution in [3.63, 3.8) is 0 Å². The molecule has 0 spiro atoms. The average Bonchev–Trinajstić information content (AvgIpc) is 2.60. The average molecular weight is 330 g/mol. The van der Waals surface area contributed by atoms with E-state index in [9.17, 15) is 4.79 Å². The highest BCUT2D eigenvalue weighted by molar-refractivity contribution is 5.93. The van der Waals surface area contributed by atoms with Crippen LogP contribution in [0.4, 0.5) is 0 Å². The standard InChI is InChI=1S/C19H30N4O/c1-14-5-11-17(12-6-14)22-19(20-2)21-13-15-7-9-16(10-8-15)18(24)23(3)4/h7-10,14,17H,5-6,11-13H2,1-4H3,(H2,20,21,22). The van der Waals surface area contributed by atoms with Gasteiger partial charge < -0.3 is 15.5 Å². The Labute approximate surface area is 145 Å². The van der Waals surface area contributed by atoms with Gasteiger partial charge in [0.15, 0.2) is 5.96 Å². The van der Waals surface area contributed by atoms with Crippen molar-refractivity contribution in [2.45, 2.75) is 45.2 Å². The molecule has 1 amide bonds. The molecule has 2 N–H and O–H groups in total. The second-order valence-electron chi connectivity index (χ2n) is 6.92. The molecule has 132 valence electrons. The number of carbonyl (C=O) groups excluding carboxylic acids is 1. The van der Waals surface area contributed by atoms with Crippen LogP contribution in [0.15, 0.2) is 29.3 Å². The number of hydrogen-bond donors (Lipinski definition) is 2. The van der Waals surface area contributed by atoms with Gasteiger partial charge in [-0.3, -0.25) is 9.79 Å². The summed E-state index contributed by atoms with van der Waals surface area (Å²) in [5.74, 6) is 1.72. The summed E-state index contributed by atoms with van der Waals surface area (Å²) in [5, 5.41) is 6.88. The molecule has 1 aliphatic carbocycles. The largest absolute Gasteiger partial charge is 0.354 e. The number of benzene rings is 1. The number of nitrogens with zero attached hydrogens (tertiary/aromatic N) is 2. The minimum atomic E-state index is 0.0264. The second-order valence-corrected chi connectivity index (χ2v) is 6.92. The SMILES string of the molecule is CN=C(NCc1ccc(C(=O)N(C)C)cc1)NC1CCC(C)CC1. The van der Waals surface area contributed by atoms with Crippen molar-refractivity contribution in [3.8, 4) is 0 Å². The fraction of sp³-hybridized carbons (Fsp3) is 0.579. The number of aliphatic imine (C=N–C) groups is 1. The summed E-state index contributed by atoms with van der Waals surface area (Å²) < 4.78 is 0. The van der Waals surface area contributed by atoms with Crippen LogP contribution >= 0.6 is 0 Å². The lowest BCUT2D eigenvalue weighted by Crippen LogP contribution is -2.44. The molecule has 0 bridgehead atoms. The third-order valence-electron chi connectivity index (χ3n) is 4.65. The molecule has 2 rings (SSSR count). The van der Waals surface area contributed by atoms with Crippen LogP contribution in [0.1, 0.15) is 48.5 Å². The number of nitrogens with one attached hydrogen (secondary N) is 2. The lowest BCUT2D eigenvalue weighted by Gasteiger charge is -2.28. The first-order valence-electron chi connectivity index (χ1n) is 8.77. The first-order valence-corrected chi connectivity index (χ1v) is 8.77. The molecule has 0 unspecified atom stereocenters. The van der Waals surface area contributed by atoms with Crippen molar-refractivity contribution in [1.29, 1.82) is 0 Å². The van der Waals surface area contributed by atoms with Gasteiger partial charge in [-0.05, 0) is 49.3 Å². The highest BCUT2D eigenvalue weighted by atomic mass is 16.2. The minimum absolute atomic E-state index is 0.0264. The lowest BCUT2D eigenvalue weighted by atomic mass is 9.87. The predicted octanol–water partition coefficient (Wildman–Crippen LogP) is 2.63. The van der Waals surface area contributed by atoms with E-state index in [4.69, 9.17) is 0 Å². The molecule has 0 radical (unpaired) electrons. The Morgan fingerprint density at radius 2 is 1.79 bits per heavy atom. The molecule has 1 aromatic rings. The second kappa shape index (κ2) is 8.71. The molecule has 0 saturated heterocycles. The molecule has 1 aliphatic rings. The van der Waals surface area contributed by atoms with Crippen LogP contribution < -0.4 is 10.6 Å². The van der Waals surface area contributed by atoms with Crippen LogP contribution in [0.3, 0.4) is 0 Å². The Hall–Kier alpha value is -2.04. The highest BCUT2D eigenvalue weighted by Gasteiger charge is 2.18. The molecule has 5 nitrogen and oxygen atoms in total. The van der Waals surface area contributed by atoms with Crippen LogP contribution in [-0.4, -0.2) is 44.0 Å². The van der Waals surface area contributed by atoms with Crippen molar-refractivity contribution in [3.05, 3.63) is 35.4 Å².